The van der Waals surface area contributed by atoms with E-state index in [1.165, 1.54) is 0 Å². The quantitative estimate of drug-likeness (QED) is 0.460. The monoisotopic (exact) mass is 475 g/mol. The maximum Gasteiger partial charge on any atom is 0.320 e. The van der Waals surface area contributed by atoms with Crippen LogP contribution in [-0.2, 0) is 13.0 Å². The van der Waals surface area contributed by atoms with Gasteiger partial charge in [-0.05, 0) is 55.4 Å². The fourth-order valence-electron chi connectivity index (χ4n) is 5.39. The summed E-state index contributed by atoms with van der Waals surface area (Å²) >= 11 is 0. The standard InChI is InChI=1S/C26H33N7O2/c1-26(9-4-6-18(15-26)23(28)33-12-5-7-22(33)27)30-24(34)21-14-20-17-32(13-8-19(20)16-29-21)25(35)31-10-2-3-11-31/h4,6,9,14,16,27-28H,2-3,5,7-8,10-13,15,17H2,1H3,(H,30,34). The molecule has 1 atom stereocenters. The second-order valence-corrected chi connectivity index (χ2v) is 10.1. The van der Waals surface area contributed by atoms with Crippen LogP contribution in [-0.4, -0.2) is 75.0 Å². The highest BCUT2D eigenvalue weighted by molar-refractivity contribution is 6.08. The van der Waals surface area contributed by atoms with Crippen LogP contribution in [0.2, 0.25) is 0 Å². The summed E-state index contributed by atoms with van der Waals surface area (Å²) in [6, 6.07) is 1.90. The van der Waals surface area contributed by atoms with Crippen molar-refractivity contribution in [3.63, 3.8) is 0 Å². The molecule has 1 aromatic heterocycles. The van der Waals surface area contributed by atoms with Gasteiger partial charge in [0.1, 0.15) is 17.4 Å². The Bertz CT molecular complexity index is 1130. The molecule has 9 nitrogen and oxygen atoms in total. The lowest BCUT2D eigenvalue weighted by Gasteiger charge is -2.33. The smallest absolute Gasteiger partial charge is 0.320 e. The Hall–Kier alpha value is -3.49. The predicted molar refractivity (Wildman–Crippen MR) is 134 cm³/mol. The minimum absolute atomic E-state index is 0.0867. The van der Waals surface area contributed by atoms with Gasteiger partial charge in [0.05, 0.1) is 5.54 Å². The molecule has 1 unspecified atom stereocenters. The van der Waals surface area contributed by atoms with E-state index in [2.05, 4.69) is 10.3 Å². The molecule has 5 rings (SSSR count). The van der Waals surface area contributed by atoms with Crippen molar-refractivity contribution in [1.29, 1.82) is 10.8 Å². The summed E-state index contributed by atoms with van der Waals surface area (Å²) in [5.74, 6) is 0.545. The summed E-state index contributed by atoms with van der Waals surface area (Å²) in [7, 11) is 0. The molecule has 3 aliphatic heterocycles. The molecule has 2 saturated heterocycles. The largest absolute Gasteiger partial charge is 0.342 e. The zero-order valence-corrected chi connectivity index (χ0v) is 20.3. The van der Waals surface area contributed by atoms with Crippen LogP contribution < -0.4 is 5.32 Å². The number of amidine groups is 2. The van der Waals surface area contributed by atoms with Crippen LogP contribution in [0.4, 0.5) is 4.79 Å². The van der Waals surface area contributed by atoms with E-state index in [9.17, 15) is 9.59 Å². The van der Waals surface area contributed by atoms with E-state index < -0.39 is 5.54 Å². The molecule has 35 heavy (non-hydrogen) atoms. The minimum atomic E-state index is -0.662. The van der Waals surface area contributed by atoms with Gasteiger partial charge in [0.15, 0.2) is 0 Å². The van der Waals surface area contributed by atoms with E-state index in [1.54, 1.807) is 11.1 Å². The summed E-state index contributed by atoms with van der Waals surface area (Å²) in [5, 5.41) is 19.8. The lowest BCUT2D eigenvalue weighted by atomic mass is 9.87. The number of nitrogens with one attached hydrogen (secondary N) is 3. The van der Waals surface area contributed by atoms with E-state index in [0.29, 0.717) is 49.8 Å². The summed E-state index contributed by atoms with van der Waals surface area (Å²) in [6.07, 6.45) is 12.4. The number of aromatic nitrogens is 1. The normalized spacial score (nSPS) is 23.9. The molecule has 0 radical (unpaired) electrons. The maximum absolute atomic E-state index is 13.2. The molecule has 0 bridgehead atoms. The highest BCUT2D eigenvalue weighted by Gasteiger charge is 2.32. The highest BCUT2D eigenvalue weighted by Crippen LogP contribution is 2.27. The van der Waals surface area contributed by atoms with Gasteiger partial charge in [0.2, 0.25) is 0 Å². The Morgan fingerprint density at radius 3 is 2.60 bits per heavy atom. The van der Waals surface area contributed by atoms with E-state index in [4.69, 9.17) is 10.8 Å². The first-order valence-electron chi connectivity index (χ1n) is 12.5. The van der Waals surface area contributed by atoms with E-state index in [0.717, 1.165) is 55.5 Å². The Morgan fingerprint density at radius 1 is 1.06 bits per heavy atom. The molecule has 1 aromatic rings. The summed E-state index contributed by atoms with van der Waals surface area (Å²) in [6.45, 7) is 5.45. The van der Waals surface area contributed by atoms with Crippen molar-refractivity contribution in [2.45, 2.75) is 57.5 Å². The van der Waals surface area contributed by atoms with Crippen LogP contribution in [0, 0.1) is 10.8 Å². The second kappa shape index (κ2) is 9.28. The van der Waals surface area contributed by atoms with Crippen molar-refractivity contribution in [2.75, 3.05) is 26.2 Å². The molecule has 4 heterocycles. The van der Waals surface area contributed by atoms with Gasteiger partial charge in [0.25, 0.3) is 5.91 Å². The van der Waals surface area contributed by atoms with Gasteiger partial charge < -0.3 is 20.0 Å². The lowest BCUT2D eigenvalue weighted by Crippen LogP contribution is -2.47. The van der Waals surface area contributed by atoms with E-state index in [1.807, 2.05) is 41.0 Å². The van der Waals surface area contributed by atoms with Crippen molar-refractivity contribution < 1.29 is 9.59 Å². The van der Waals surface area contributed by atoms with Gasteiger partial charge >= 0.3 is 6.03 Å². The molecule has 0 aromatic carbocycles. The third-order valence-electron chi connectivity index (χ3n) is 7.39. The molecule has 0 saturated carbocycles. The SMILES string of the molecule is CC1(NC(=O)c2cc3c(cn2)CCN(C(=O)N2CCCC2)C3)C=CC=C(C(=N)N2CCCC2=N)C1. The fourth-order valence-corrected chi connectivity index (χ4v) is 5.39. The predicted octanol–water partition coefficient (Wildman–Crippen LogP) is 3.08. The lowest BCUT2D eigenvalue weighted by molar-refractivity contribution is 0.0916. The van der Waals surface area contributed by atoms with Crippen molar-refractivity contribution in [1.82, 2.24) is 25.0 Å². The van der Waals surface area contributed by atoms with Crippen LogP contribution in [0.1, 0.15) is 60.6 Å². The van der Waals surface area contributed by atoms with E-state index in [-0.39, 0.29) is 11.9 Å². The molecule has 0 spiro atoms. The number of likely N-dealkylation sites (tertiary alicyclic amines) is 2. The zero-order valence-electron chi connectivity index (χ0n) is 20.3. The molecule has 4 aliphatic rings. The number of hydrogen-bond donors (Lipinski definition) is 3. The van der Waals surface area contributed by atoms with Crippen LogP contribution in [0.5, 0.6) is 0 Å². The second-order valence-electron chi connectivity index (χ2n) is 10.1. The fraction of sp³-hybridized carbons (Fsp3) is 0.500. The van der Waals surface area contributed by atoms with Crippen LogP contribution in [0.15, 0.2) is 36.1 Å². The number of fused-ring (bicyclic) bond motifs is 1. The number of nitrogens with zero attached hydrogens (tertiary/aromatic N) is 4. The number of amides is 3. The molecule has 184 valence electrons. The number of rotatable bonds is 3. The average Bonchev–Trinajstić information content (AvgIpc) is 3.54. The molecule has 3 N–H and O–H groups in total. The number of carbonyl (C=O) groups is 2. The van der Waals surface area contributed by atoms with Crippen molar-refractivity contribution in [3.8, 4) is 0 Å². The number of pyridine rings is 1. The van der Waals surface area contributed by atoms with Gasteiger partial charge in [-0.25, -0.2) is 4.79 Å². The maximum atomic E-state index is 13.2. The van der Waals surface area contributed by atoms with Crippen molar-refractivity contribution in [2.24, 2.45) is 0 Å². The van der Waals surface area contributed by atoms with E-state index >= 15 is 0 Å². The van der Waals surface area contributed by atoms with Crippen molar-refractivity contribution >= 4 is 23.6 Å². The molecule has 2 fully saturated rings. The third kappa shape index (κ3) is 4.72. The van der Waals surface area contributed by atoms with Gasteiger partial charge in [-0.15, -0.1) is 0 Å². The third-order valence-corrected chi connectivity index (χ3v) is 7.39. The Kier molecular flexibility index (Phi) is 6.17. The highest BCUT2D eigenvalue weighted by atomic mass is 16.2. The number of allylic oxidation sites excluding steroid dienone is 2. The summed E-state index contributed by atoms with van der Waals surface area (Å²) in [5.41, 5.74) is 2.54. The number of urea groups is 1. The molecule has 1 aliphatic carbocycles. The number of hydrogen-bond acceptors (Lipinski definition) is 5. The summed E-state index contributed by atoms with van der Waals surface area (Å²) < 4.78 is 0. The number of carbonyl (C=O) groups excluding carboxylic acids is 2. The first-order valence-corrected chi connectivity index (χ1v) is 12.5. The van der Waals surface area contributed by atoms with Crippen LogP contribution in [0.3, 0.4) is 0 Å². The zero-order chi connectivity index (χ0) is 24.6. The Balaban J connectivity index is 1.25. The van der Waals surface area contributed by atoms with Gasteiger partial charge in [-0.1, -0.05) is 18.2 Å². The van der Waals surface area contributed by atoms with Gasteiger partial charge in [-0.3, -0.25) is 20.6 Å². The molecular formula is C26H33N7O2. The first-order chi connectivity index (χ1) is 16.8. The van der Waals surface area contributed by atoms with Crippen molar-refractivity contribution in [3.05, 3.63) is 52.9 Å². The Morgan fingerprint density at radius 2 is 1.86 bits per heavy atom. The average molecular weight is 476 g/mol. The van der Waals surface area contributed by atoms with Crippen LogP contribution >= 0.6 is 0 Å². The Labute approximate surface area is 205 Å². The van der Waals surface area contributed by atoms with Gasteiger partial charge in [0, 0.05) is 51.8 Å². The molecule has 3 amide bonds. The molecule has 9 heteroatoms. The van der Waals surface area contributed by atoms with Crippen LogP contribution in [0.25, 0.3) is 0 Å². The minimum Gasteiger partial charge on any atom is -0.342 e. The summed E-state index contributed by atoms with van der Waals surface area (Å²) in [4.78, 5) is 36.0. The molecular weight excluding hydrogens is 442 g/mol. The first kappa shape index (κ1) is 23.3. The topological polar surface area (TPSA) is 116 Å². The van der Waals surface area contributed by atoms with Gasteiger partial charge in [-0.2, -0.15) is 0 Å².